The largest absolute Gasteiger partial charge is 0.399 e. The van der Waals surface area contributed by atoms with E-state index in [9.17, 15) is 4.79 Å². The summed E-state index contributed by atoms with van der Waals surface area (Å²) in [5.41, 5.74) is 8.04. The average Bonchev–Trinajstić information content (AvgIpc) is 2.80. The van der Waals surface area contributed by atoms with Crippen molar-refractivity contribution in [1.82, 2.24) is 5.32 Å². The second kappa shape index (κ2) is 5.65. The van der Waals surface area contributed by atoms with Gasteiger partial charge in [0.25, 0.3) is 5.91 Å². The summed E-state index contributed by atoms with van der Waals surface area (Å²) in [5, 5.41) is 3.81. The maximum atomic E-state index is 12.2. The zero-order valence-corrected chi connectivity index (χ0v) is 11.7. The minimum absolute atomic E-state index is 0.00607. The van der Waals surface area contributed by atoms with Gasteiger partial charge in [0, 0.05) is 22.5 Å². The predicted molar refractivity (Wildman–Crippen MR) is 78.0 cm³/mol. The van der Waals surface area contributed by atoms with Gasteiger partial charge in [-0.05, 0) is 50.1 Å². The van der Waals surface area contributed by atoms with Crippen LogP contribution in [0, 0.1) is 6.92 Å². The van der Waals surface area contributed by atoms with Crippen LogP contribution in [-0.2, 0) is 0 Å². The van der Waals surface area contributed by atoms with E-state index in [2.05, 4.69) is 11.6 Å². The first-order chi connectivity index (χ1) is 8.60. The van der Waals surface area contributed by atoms with Crippen molar-refractivity contribution in [3.63, 3.8) is 0 Å². The fraction of sp³-hybridized carbons (Fsp3) is 0.500. The second-order valence-electron chi connectivity index (χ2n) is 4.92. The lowest BCUT2D eigenvalue weighted by Gasteiger charge is -2.14. The van der Waals surface area contributed by atoms with E-state index in [4.69, 9.17) is 5.73 Å². The normalized spacial score (nSPS) is 23.0. The predicted octanol–water partition coefficient (Wildman–Crippen LogP) is 2.59. The number of nitrogen functional groups attached to an aromatic ring is 1. The Balaban J connectivity index is 2.02. The summed E-state index contributed by atoms with van der Waals surface area (Å²) in [7, 11) is 0. The Morgan fingerprint density at radius 2 is 2.22 bits per heavy atom. The molecule has 0 saturated heterocycles. The van der Waals surface area contributed by atoms with Crippen molar-refractivity contribution >= 4 is 23.4 Å². The van der Waals surface area contributed by atoms with Crippen LogP contribution in [0.5, 0.6) is 0 Å². The molecule has 4 heteroatoms. The SMILES string of the molecule is CSC1CCC(NC(=O)c2cc(N)ccc2C)C1. The van der Waals surface area contributed by atoms with Crippen molar-refractivity contribution < 1.29 is 4.79 Å². The lowest BCUT2D eigenvalue weighted by atomic mass is 10.1. The Morgan fingerprint density at radius 3 is 2.89 bits per heavy atom. The van der Waals surface area contributed by atoms with Gasteiger partial charge in [0.05, 0.1) is 0 Å². The molecular weight excluding hydrogens is 244 g/mol. The number of benzene rings is 1. The minimum Gasteiger partial charge on any atom is -0.399 e. The molecule has 0 heterocycles. The highest BCUT2D eigenvalue weighted by Crippen LogP contribution is 2.28. The number of aryl methyl sites for hydroxylation is 1. The van der Waals surface area contributed by atoms with Crippen LogP contribution in [0.1, 0.15) is 35.2 Å². The third-order valence-corrected chi connectivity index (χ3v) is 4.65. The van der Waals surface area contributed by atoms with Crippen LogP contribution in [0.4, 0.5) is 5.69 Å². The quantitative estimate of drug-likeness (QED) is 0.825. The number of carbonyl (C=O) groups excluding carboxylic acids is 1. The molecule has 2 atom stereocenters. The van der Waals surface area contributed by atoms with Gasteiger partial charge in [-0.3, -0.25) is 4.79 Å². The molecule has 98 valence electrons. The van der Waals surface area contributed by atoms with E-state index in [1.807, 2.05) is 30.8 Å². The molecule has 0 spiro atoms. The fourth-order valence-electron chi connectivity index (χ4n) is 2.43. The van der Waals surface area contributed by atoms with Gasteiger partial charge >= 0.3 is 0 Å². The van der Waals surface area contributed by atoms with Crippen LogP contribution >= 0.6 is 11.8 Å². The molecule has 1 fully saturated rings. The summed E-state index contributed by atoms with van der Waals surface area (Å²) >= 11 is 1.89. The van der Waals surface area contributed by atoms with E-state index in [0.717, 1.165) is 18.4 Å². The Bertz CT molecular complexity index is 447. The van der Waals surface area contributed by atoms with Gasteiger partial charge in [0.2, 0.25) is 0 Å². The molecule has 1 aromatic rings. The molecule has 1 saturated carbocycles. The van der Waals surface area contributed by atoms with Crippen molar-refractivity contribution in [3.8, 4) is 0 Å². The summed E-state index contributed by atoms with van der Waals surface area (Å²) in [5.74, 6) is 0.00607. The van der Waals surface area contributed by atoms with E-state index < -0.39 is 0 Å². The highest BCUT2D eigenvalue weighted by atomic mass is 32.2. The van der Waals surface area contributed by atoms with E-state index in [1.54, 1.807) is 6.07 Å². The summed E-state index contributed by atoms with van der Waals surface area (Å²) < 4.78 is 0. The average molecular weight is 264 g/mol. The van der Waals surface area contributed by atoms with Crippen molar-refractivity contribution in [2.24, 2.45) is 0 Å². The number of nitrogens with one attached hydrogen (secondary N) is 1. The highest BCUT2D eigenvalue weighted by molar-refractivity contribution is 7.99. The van der Waals surface area contributed by atoms with Crippen LogP contribution in [0.25, 0.3) is 0 Å². The molecule has 0 bridgehead atoms. The first-order valence-corrected chi connectivity index (χ1v) is 7.58. The molecule has 0 aliphatic heterocycles. The number of rotatable bonds is 3. The maximum absolute atomic E-state index is 12.2. The Labute approximate surface area is 113 Å². The molecule has 1 aliphatic carbocycles. The lowest BCUT2D eigenvalue weighted by Crippen LogP contribution is -2.33. The summed E-state index contributed by atoms with van der Waals surface area (Å²) in [6.45, 7) is 1.94. The van der Waals surface area contributed by atoms with E-state index in [-0.39, 0.29) is 5.91 Å². The Hall–Kier alpha value is -1.16. The zero-order valence-electron chi connectivity index (χ0n) is 10.9. The monoisotopic (exact) mass is 264 g/mol. The van der Waals surface area contributed by atoms with Gasteiger partial charge in [-0.15, -0.1) is 0 Å². The van der Waals surface area contributed by atoms with Crippen molar-refractivity contribution in [1.29, 1.82) is 0 Å². The maximum Gasteiger partial charge on any atom is 0.251 e. The molecule has 2 rings (SSSR count). The van der Waals surface area contributed by atoms with Crippen LogP contribution in [-0.4, -0.2) is 23.5 Å². The van der Waals surface area contributed by atoms with Crippen molar-refractivity contribution in [2.45, 2.75) is 37.5 Å². The number of amides is 1. The molecule has 3 N–H and O–H groups in total. The summed E-state index contributed by atoms with van der Waals surface area (Å²) in [6, 6.07) is 5.79. The molecule has 0 aromatic heterocycles. The first-order valence-electron chi connectivity index (χ1n) is 6.30. The second-order valence-corrected chi connectivity index (χ2v) is 6.05. The first kappa shape index (κ1) is 13.3. The Kier molecular flexibility index (Phi) is 4.17. The van der Waals surface area contributed by atoms with Crippen molar-refractivity contribution in [2.75, 3.05) is 12.0 Å². The van der Waals surface area contributed by atoms with E-state index in [1.165, 1.54) is 6.42 Å². The van der Waals surface area contributed by atoms with Gasteiger partial charge in [0.1, 0.15) is 0 Å². The fourth-order valence-corrected chi connectivity index (χ4v) is 3.23. The van der Waals surface area contributed by atoms with Gasteiger partial charge < -0.3 is 11.1 Å². The van der Waals surface area contributed by atoms with Gasteiger partial charge in [-0.25, -0.2) is 0 Å². The van der Waals surface area contributed by atoms with Crippen molar-refractivity contribution in [3.05, 3.63) is 29.3 Å². The third kappa shape index (κ3) is 2.99. The summed E-state index contributed by atoms with van der Waals surface area (Å²) in [4.78, 5) is 12.2. The molecular formula is C14H20N2OS. The number of carbonyl (C=O) groups is 1. The lowest BCUT2D eigenvalue weighted by molar-refractivity contribution is 0.0937. The molecule has 0 radical (unpaired) electrons. The zero-order chi connectivity index (χ0) is 13.1. The number of hydrogen-bond acceptors (Lipinski definition) is 3. The topological polar surface area (TPSA) is 55.1 Å². The smallest absolute Gasteiger partial charge is 0.251 e. The van der Waals surface area contributed by atoms with E-state index in [0.29, 0.717) is 22.5 Å². The minimum atomic E-state index is 0.00607. The van der Waals surface area contributed by atoms with Crippen LogP contribution in [0.15, 0.2) is 18.2 Å². The number of thioether (sulfide) groups is 1. The molecule has 1 aliphatic rings. The summed E-state index contributed by atoms with van der Waals surface area (Å²) in [6.07, 6.45) is 5.49. The molecule has 1 amide bonds. The van der Waals surface area contributed by atoms with Crippen LogP contribution in [0.3, 0.4) is 0 Å². The number of anilines is 1. The standard InChI is InChI=1S/C14H20N2OS/c1-9-3-4-10(15)7-13(9)14(17)16-11-5-6-12(8-11)18-2/h3-4,7,11-12H,5-6,8,15H2,1-2H3,(H,16,17). The number of nitrogens with two attached hydrogens (primary N) is 1. The van der Waals surface area contributed by atoms with Crippen LogP contribution < -0.4 is 11.1 Å². The van der Waals surface area contributed by atoms with Gasteiger partial charge in [-0.2, -0.15) is 11.8 Å². The Morgan fingerprint density at radius 1 is 1.44 bits per heavy atom. The third-order valence-electron chi connectivity index (χ3n) is 3.56. The van der Waals surface area contributed by atoms with E-state index >= 15 is 0 Å². The van der Waals surface area contributed by atoms with Gasteiger partial charge in [0.15, 0.2) is 0 Å². The molecule has 2 unspecified atom stereocenters. The molecule has 3 nitrogen and oxygen atoms in total. The molecule has 18 heavy (non-hydrogen) atoms. The van der Waals surface area contributed by atoms with Gasteiger partial charge in [-0.1, -0.05) is 6.07 Å². The molecule has 1 aromatic carbocycles. The van der Waals surface area contributed by atoms with Crippen LogP contribution in [0.2, 0.25) is 0 Å². The highest BCUT2D eigenvalue weighted by Gasteiger charge is 2.25. The number of hydrogen-bond donors (Lipinski definition) is 2.